The van der Waals surface area contributed by atoms with Crippen molar-refractivity contribution in [2.45, 2.75) is 39.2 Å². The van der Waals surface area contributed by atoms with Crippen LogP contribution in [0.2, 0.25) is 0 Å². The maximum atomic E-state index is 13.3. The van der Waals surface area contributed by atoms with Gasteiger partial charge in [0, 0.05) is 12.1 Å². The Hall–Kier alpha value is -1.30. The molecule has 0 bridgehead atoms. The van der Waals surface area contributed by atoms with Gasteiger partial charge in [-0.1, -0.05) is 6.92 Å². The fourth-order valence-corrected chi connectivity index (χ4v) is 1.86. The first-order valence-corrected chi connectivity index (χ1v) is 6.66. The zero-order valence-corrected chi connectivity index (χ0v) is 11.6. The molecule has 0 saturated carbocycles. The predicted octanol–water partition coefficient (Wildman–Crippen LogP) is 3.79. The minimum absolute atomic E-state index is 0.00950. The van der Waals surface area contributed by atoms with Gasteiger partial charge in [0.2, 0.25) is 11.6 Å². The third-order valence-corrected chi connectivity index (χ3v) is 2.90. The van der Waals surface area contributed by atoms with E-state index in [-0.39, 0.29) is 12.7 Å². The SMILES string of the molecule is CCNC(C)CCCCOc1c(F)c(F)cc(F)c1F. The maximum Gasteiger partial charge on any atom is 0.203 e. The number of rotatable bonds is 8. The van der Waals surface area contributed by atoms with Gasteiger partial charge in [-0.3, -0.25) is 0 Å². The predicted molar refractivity (Wildman–Crippen MR) is 68.8 cm³/mol. The molecule has 0 amide bonds. The Balaban J connectivity index is 2.43. The van der Waals surface area contributed by atoms with Crippen LogP contribution in [0.3, 0.4) is 0 Å². The minimum atomic E-state index is -1.50. The highest BCUT2D eigenvalue weighted by Crippen LogP contribution is 2.26. The summed E-state index contributed by atoms with van der Waals surface area (Å²) in [6.07, 6.45) is 2.22. The molecule has 0 spiro atoms. The molecular formula is C14H19F4NO. The molecule has 1 unspecified atom stereocenters. The van der Waals surface area contributed by atoms with Crippen LogP contribution in [-0.2, 0) is 0 Å². The molecule has 1 aromatic carbocycles. The Morgan fingerprint density at radius 3 is 2.25 bits per heavy atom. The smallest absolute Gasteiger partial charge is 0.203 e. The van der Waals surface area contributed by atoms with Crippen LogP contribution in [0, 0.1) is 23.3 Å². The van der Waals surface area contributed by atoms with Crippen molar-refractivity contribution >= 4 is 0 Å². The van der Waals surface area contributed by atoms with Crippen LogP contribution in [0.5, 0.6) is 5.75 Å². The normalized spacial score (nSPS) is 12.5. The molecule has 0 aromatic heterocycles. The van der Waals surface area contributed by atoms with E-state index in [9.17, 15) is 17.6 Å². The van der Waals surface area contributed by atoms with E-state index in [1.807, 2.05) is 13.8 Å². The highest BCUT2D eigenvalue weighted by Gasteiger charge is 2.20. The number of benzene rings is 1. The molecule has 0 saturated heterocycles. The van der Waals surface area contributed by atoms with Gasteiger partial charge in [0.25, 0.3) is 0 Å². The lowest BCUT2D eigenvalue weighted by Crippen LogP contribution is -2.25. The van der Waals surface area contributed by atoms with Crippen molar-refractivity contribution in [1.29, 1.82) is 0 Å². The van der Waals surface area contributed by atoms with Crippen LogP contribution in [0.25, 0.3) is 0 Å². The molecule has 0 fully saturated rings. The summed E-state index contributed by atoms with van der Waals surface area (Å²) >= 11 is 0. The van der Waals surface area contributed by atoms with Crippen molar-refractivity contribution in [3.8, 4) is 5.75 Å². The fraction of sp³-hybridized carbons (Fsp3) is 0.571. The minimum Gasteiger partial charge on any atom is -0.487 e. The molecule has 0 aliphatic heterocycles. The third kappa shape index (κ3) is 4.67. The van der Waals surface area contributed by atoms with Gasteiger partial charge in [0.05, 0.1) is 6.61 Å². The Morgan fingerprint density at radius 2 is 1.70 bits per heavy atom. The topological polar surface area (TPSA) is 21.3 Å². The van der Waals surface area contributed by atoms with Gasteiger partial charge in [-0.05, 0) is 32.7 Å². The monoisotopic (exact) mass is 293 g/mol. The first-order chi connectivity index (χ1) is 9.47. The Labute approximate surface area is 116 Å². The average molecular weight is 293 g/mol. The quantitative estimate of drug-likeness (QED) is 0.447. The second-order valence-electron chi connectivity index (χ2n) is 4.60. The summed E-state index contributed by atoms with van der Waals surface area (Å²) in [5, 5.41) is 3.23. The number of hydrogen-bond acceptors (Lipinski definition) is 2. The van der Waals surface area contributed by atoms with E-state index in [0.29, 0.717) is 12.5 Å². The lowest BCUT2D eigenvalue weighted by atomic mass is 10.1. The van der Waals surface area contributed by atoms with E-state index in [1.54, 1.807) is 0 Å². The highest BCUT2D eigenvalue weighted by molar-refractivity contribution is 5.28. The summed E-state index contributed by atoms with van der Waals surface area (Å²) in [4.78, 5) is 0. The lowest BCUT2D eigenvalue weighted by molar-refractivity contribution is 0.262. The van der Waals surface area contributed by atoms with E-state index >= 15 is 0 Å². The van der Waals surface area contributed by atoms with Crippen molar-refractivity contribution in [1.82, 2.24) is 5.32 Å². The first kappa shape index (κ1) is 16.8. The van der Waals surface area contributed by atoms with Gasteiger partial charge < -0.3 is 10.1 Å². The zero-order valence-electron chi connectivity index (χ0n) is 11.6. The first-order valence-electron chi connectivity index (χ1n) is 6.66. The summed E-state index contributed by atoms with van der Waals surface area (Å²) < 4.78 is 57.2. The van der Waals surface area contributed by atoms with Gasteiger partial charge in [-0.15, -0.1) is 0 Å². The molecule has 0 aliphatic carbocycles. The summed E-state index contributed by atoms with van der Waals surface area (Å²) in [7, 11) is 0. The molecule has 20 heavy (non-hydrogen) atoms. The number of hydrogen-bond donors (Lipinski definition) is 1. The van der Waals surface area contributed by atoms with Crippen LogP contribution in [0.4, 0.5) is 17.6 Å². The number of ether oxygens (including phenoxy) is 1. The van der Waals surface area contributed by atoms with Crippen LogP contribution in [-0.4, -0.2) is 19.2 Å². The Bertz CT molecular complexity index is 413. The summed E-state index contributed by atoms with van der Waals surface area (Å²) in [5.74, 6) is -6.89. The fourth-order valence-electron chi connectivity index (χ4n) is 1.86. The highest BCUT2D eigenvalue weighted by atomic mass is 19.2. The maximum absolute atomic E-state index is 13.3. The van der Waals surface area contributed by atoms with Gasteiger partial charge in [0.15, 0.2) is 17.4 Å². The van der Waals surface area contributed by atoms with Gasteiger partial charge >= 0.3 is 0 Å². The van der Waals surface area contributed by atoms with E-state index < -0.39 is 29.0 Å². The van der Waals surface area contributed by atoms with Crippen LogP contribution < -0.4 is 10.1 Å². The van der Waals surface area contributed by atoms with Crippen LogP contribution >= 0.6 is 0 Å². The largest absolute Gasteiger partial charge is 0.487 e. The Kier molecular flexibility index (Phi) is 6.78. The molecular weight excluding hydrogens is 274 g/mol. The molecule has 1 aromatic rings. The molecule has 0 heterocycles. The number of unbranched alkanes of at least 4 members (excludes halogenated alkanes) is 1. The number of nitrogens with one attached hydrogen (secondary N) is 1. The molecule has 1 rings (SSSR count). The van der Waals surface area contributed by atoms with Gasteiger partial charge in [0.1, 0.15) is 0 Å². The summed E-state index contributed by atoms with van der Waals surface area (Å²) in [6.45, 7) is 4.92. The zero-order chi connectivity index (χ0) is 15.1. The van der Waals surface area contributed by atoms with Crippen molar-refractivity contribution in [3.63, 3.8) is 0 Å². The van der Waals surface area contributed by atoms with E-state index in [0.717, 1.165) is 19.4 Å². The van der Waals surface area contributed by atoms with E-state index in [1.165, 1.54) is 0 Å². The van der Waals surface area contributed by atoms with E-state index in [2.05, 4.69) is 5.32 Å². The summed E-state index contributed by atoms with van der Waals surface area (Å²) in [5.41, 5.74) is 0. The molecule has 0 radical (unpaired) electrons. The standard InChI is InChI=1S/C14H19F4NO/c1-3-19-9(2)6-4-5-7-20-14-12(17)10(15)8-11(16)13(14)18/h8-9,19H,3-7H2,1-2H3. The molecule has 114 valence electrons. The third-order valence-electron chi connectivity index (χ3n) is 2.90. The Morgan fingerprint density at radius 1 is 1.10 bits per heavy atom. The summed E-state index contributed by atoms with van der Waals surface area (Å²) in [6, 6.07) is 0.510. The van der Waals surface area contributed by atoms with Gasteiger partial charge in [-0.25, -0.2) is 8.78 Å². The second kappa shape index (κ2) is 8.09. The van der Waals surface area contributed by atoms with Crippen molar-refractivity contribution in [2.75, 3.05) is 13.2 Å². The molecule has 1 N–H and O–H groups in total. The average Bonchev–Trinajstić information content (AvgIpc) is 2.40. The van der Waals surface area contributed by atoms with Crippen molar-refractivity contribution in [2.24, 2.45) is 0 Å². The second-order valence-corrected chi connectivity index (χ2v) is 4.60. The van der Waals surface area contributed by atoms with Crippen molar-refractivity contribution in [3.05, 3.63) is 29.3 Å². The molecule has 1 atom stereocenters. The van der Waals surface area contributed by atoms with Gasteiger partial charge in [-0.2, -0.15) is 8.78 Å². The molecule has 6 heteroatoms. The number of halogens is 4. The van der Waals surface area contributed by atoms with Crippen LogP contribution in [0.15, 0.2) is 6.07 Å². The van der Waals surface area contributed by atoms with E-state index in [4.69, 9.17) is 4.74 Å². The molecule has 2 nitrogen and oxygen atoms in total. The van der Waals surface area contributed by atoms with Crippen molar-refractivity contribution < 1.29 is 22.3 Å². The van der Waals surface area contributed by atoms with Crippen LogP contribution in [0.1, 0.15) is 33.1 Å². The lowest BCUT2D eigenvalue weighted by Gasteiger charge is -2.12. The molecule has 0 aliphatic rings.